The number of hydrogen-bond donors (Lipinski definition) is 0. The van der Waals surface area contributed by atoms with Crippen LogP contribution in [-0.2, 0) is 11.3 Å². The Morgan fingerprint density at radius 1 is 1.20 bits per heavy atom. The summed E-state index contributed by atoms with van der Waals surface area (Å²) in [6.07, 6.45) is 3.27. The van der Waals surface area contributed by atoms with Crippen LogP contribution in [0.3, 0.4) is 0 Å². The first kappa shape index (κ1) is 22.1. The molecule has 1 heterocycles. The van der Waals surface area contributed by atoms with Crippen molar-refractivity contribution in [2.45, 2.75) is 13.5 Å². The van der Waals surface area contributed by atoms with E-state index in [2.05, 4.69) is 22.5 Å². The minimum Gasteiger partial charge on any atom is -0.490 e. The maximum absolute atomic E-state index is 13.1. The zero-order chi connectivity index (χ0) is 21.7. The minimum absolute atomic E-state index is 0.0878. The number of carbonyl (C=O) groups is 2. The van der Waals surface area contributed by atoms with E-state index in [9.17, 15) is 14.0 Å². The summed E-state index contributed by atoms with van der Waals surface area (Å²) >= 11 is 4.33. The van der Waals surface area contributed by atoms with Crippen LogP contribution in [0.2, 0.25) is 0 Å². The Morgan fingerprint density at radius 3 is 2.60 bits per heavy atom. The lowest BCUT2D eigenvalue weighted by Crippen LogP contribution is -2.27. The Morgan fingerprint density at radius 2 is 1.93 bits per heavy atom. The number of amides is 2. The second-order valence-electron chi connectivity index (χ2n) is 6.26. The average Bonchev–Trinajstić information content (AvgIpc) is 2.96. The lowest BCUT2D eigenvalue weighted by molar-refractivity contribution is -0.123. The summed E-state index contributed by atoms with van der Waals surface area (Å²) in [5, 5.41) is -0.370. The fraction of sp³-hybridized carbons (Fsp3) is 0.182. The van der Waals surface area contributed by atoms with E-state index in [4.69, 9.17) is 9.47 Å². The molecule has 8 heteroatoms. The molecule has 0 atom stereocenters. The van der Waals surface area contributed by atoms with Gasteiger partial charge < -0.3 is 9.47 Å². The topological polar surface area (TPSA) is 55.8 Å². The molecule has 1 saturated heterocycles. The lowest BCUT2D eigenvalue weighted by Gasteiger charge is -2.14. The molecule has 0 saturated carbocycles. The summed E-state index contributed by atoms with van der Waals surface area (Å²) in [5.41, 5.74) is 1.36. The molecule has 1 aliphatic rings. The molecule has 0 unspecified atom stereocenters. The smallest absolute Gasteiger partial charge is 0.293 e. The van der Waals surface area contributed by atoms with Gasteiger partial charge in [0, 0.05) is 0 Å². The van der Waals surface area contributed by atoms with Crippen molar-refractivity contribution in [3.05, 3.63) is 75.4 Å². The van der Waals surface area contributed by atoms with Gasteiger partial charge in [-0.3, -0.25) is 14.5 Å². The van der Waals surface area contributed by atoms with Crippen LogP contribution in [0, 0.1) is 5.82 Å². The average molecular weight is 492 g/mol. The third kappa shape index (κ3) is 5.12. The second-order valence-corrected chi connectivity index (χ2v) is 8.10. The van der Waals surface area contributed by atoms with Crippen LogP contribution in [0.5, 0.6) is 11.5 Å². The van der Waals surface area contributed by atoms with Crippen LogP contribution in [0.1, 0.15) is 18.1 Å². The summed E-state index contributed by atoms with van der Waals surface area (Å²) in [4.78, 5) is 26.6. The third-order valence-electron chi connectivity index (χ3n) is 4.10. The molecule has 0 aliphatic carbocycles. The molecular formula is C22H19BrFNO4S. The van der Waals surface area contributed by atoms with E-state index in [1.54, 1.807) is 36.4 Å². The van der Waals surface area contributed by atoms with Gasteiger partial charge in [0.1, 0.15) is 12.4 Å². The highest BCUT2D eigenvalue weighted by Gasteiger charge is 2.35. The van der Waals surface area contributed by atoms with Gasteiger partial charge >= 0.3 is 0 Å². The zero-order valence-electron chi connectivity index (χ0n) is 16.2. The molecule has 1 fully saturated rings. The van der Waals surface area contributed by atoms with Crippen molar-refractivity contribution in [1.82, 2.24) is 4.90 Å². The van der Waals surface area contributed by atoms with Crippen molar-refractivity contribution in [3.63, 3.8) is 0 Å². The van der Waals surface area contributed by atoms with Crippen molar-refractivity contribution in [3.8, 4) is 11.5 Å². The molecule has 0 bridgehead atoms. The van der Waals surface area contributed by atoms with Gasteiger partial charge in [-0.15, -0.1) is 0 Å². The van der Waals surface area contributed by atoms with Crippen LogP contribution in [0.4, 0.5) is 9.18 Å². The number of nitrogens with zero attached hydrogens (tertiary/aromatic N) is 1. The fourth-order valence-corrected chi connectivity index (χ4v) is 4.19. The largest absolute Gasteiger partial charge is 0.490 e. The first-order valence-electron chi connectivity index (χ1n) is 9.12. The molecule has 0 spiro atoms. The van der Waals surface area contributed by atoms with E-state index in [1.165, 1.54) is 12.1 Å². The molecule has 1 aliphatic heterocycles. The first-order chi connectivity index (χ1) is 14.4. The Kier molecular flexibility index (Phi) is 7.33. The molecule has 30 heavy (non-hydrogen) atoms. The second kappa shape index (κ2) is 9.95. The molecule has 0 N–H and O–H groups in total. The van der Waals surface area contributed by atoms with E-state index < -0.39 is 5.91 Å². The molecule has 2 aromatic rings. The van der Waals surface area contributed by atoms with Crippen LogP contribution in [-0.4, -0.2) is 29.3 Å². The van der Waals surface area contributed by atoms with Gasteiger partial charge in [0.2, 0.25) is 0 Å². The number of rotatable bonds is 8. The van der Waals surface area contributed by atoms with Gasteiger partial charge in [-0.1, -0.05) is 24.8 Å². The highest BCUT2D eigenvalue weighted by atomic mass is 79.9. The van der Waals surface area contributed by atoms with Crippen molar-refractivity contribution in [1.29, 1.82) is 0 Å². The molecule has 0 radical (unpaired) electrons. The maximum Gasteiger partial charge on any atom is 0.293 e. The summed E-state index contributed by atoms with van der Waals surface area (Å²) in [6, 6.07) is 9.24. The number of halogens is 2. The van der Waals surface area contributed by atoms with Crippen LogP contribution < -0.4 is 9.47 Å². The van der Waals surface area contributed by atoms with Gasteiger partial charge in [-0.25, -0.2) is 4.39 Å². The Labute approximate surface area is 186 Å². The molecule has 5 nitrogen and oxygen atoms in total. The predicted molar refractivity (Wildman–Crippen MR) is 119 cm³/mol. The molecule has 156 valence electrons. The number of imide groups is 1. The van der Waals surface area contributed by atoms with E-state index in [-0.39, 0.29) is 17.6 Å². The Hall–Kier alpha value is -2.58. The van der Waals surface area contributed by atoms with Gasteiger partial charge in [-0.05, 0) is 76.1 Å². The van der Waals surface area contributed by atoms with Crippen LogP contribution in [0.15, 0.2) is 58.4 Å². The van der Waals surface area contributed by atoms with Crippen LogP contribution >= 0.6 is 27.7 Å². The zero-order valence-corrected chi connectivity index (χ0v) is 18.6. The maximum atomic E-state index is 13.1. The molecule has 2 aromatic carbocycles. The Bertz CT molecular complexity index is 1010. The minimum atomic E-state index is -0.393. The normalized spacial score (nSPS) is 15.0. The SMILES string of the molecule is C=CCOc1c(Br)cc(/C=C2/SC(=O)N(Cc3ccc(F)cc3)C2=O)cc1OCC. The number of benzene rings is 2. The summed E-state index contributed by atoms with van der Waals surface area (Å²) in [5.74, 6) is 0.295. The van der Waals surface area contributed by atoms with E-state index in [0.717, 1.165) is 16.7 Å². The van der Waals surface area contributed by atoms with E-state index in [0.29, 0.717) is 45.2 Å². The van der Waals surface area contributed by atoms with Crippen molar-refractivity contribution in [2.75, 3.05) is 13.2 Å². The summed E-state index contributed by atoms with van der Waals surface area (Å²) < 4.78 is 25.1. The van der Waals surface area contributed by atoms with Gasteiger partial charge in [0.05, 0.1) is 22.5 Å². The molecular weight excluding hydrogens is 473 g/mol. The molecule has 3 rings (SSSR count). The van der Waals surface area contributed by atoms with E-state index in [1.807, 2.05) is 6.92 Å². The van der Waals surface area contributed by atoms with Gasteiger partial charge in [-0.2, -0.15) is 0 Å². The number of ether oxygens (including phenoxy) is 2. The number of hydrogen-bond acceptors (Lipinski definition) is 5. The number of thioether (sulfide) groups is 1. The van der Waals surface area contributed by atoms with Gasteiger partial charge in [0.15, 0.2) is 11.5 Å². The number of carbonyl (C=O) groups excluding carboxylic acids is 2. The van der Waals surface area contributed by atoms with Gasteiger partial charge in [0.25, 0.3) is 11.1 Å². The highest BCUT2D eigenvalue weighted by Crippen LogP contribution is 2.39. The molecule has 0 aromatic heterocycles. The standard InChI is InChI=1S/C22H19BrFNO4S/c1-3-9-29-20-17(23)10-15(11-18(20)28-4-2)12-19-21(26)25(22(27)30-19)13-14-5-7-16(24)8-6-14/h3,5-8,10-12H,1,4,9,13H2,2H3/b19-12+. The van der Waals surface area contributed by atoms with Crippen molar-refractivity contribution in [2.24, 2.45) is 0 Å². The van der Waals surface area contributed by atoms with Crippen molar-refractivity contribution < 1.29 is 23.5 Å². The van der Waals surface area contributed by atoms with E-state index >= 15 is 0 Å². The monoisotopic (exact) mass is 491 g/mol. The van der Waals surface area contributed by atoms with Crippen molar-refractivity contribution >= 4 is 44.9 Å². The summed E-state index contributed by atoms with van der Waals surface area (Å²) in [7, 11) is 0. The lowest BCUT2D eigenvalue weighted by atomic mass is 10.1. The third-order valence-corrected chi connectivity index (χ3v) is 5.60. The predicted octanol–water partition coefficient (Wildman–Crippen LogP) is 5.79. The first-order valence-corrected chi connectivity index (χ1v) is 10.7. The Balaban J connectivity index is 1.85. The molecule has 2 amide bonds. The summed E-state index contributed by atoms with van der Waals surface area (Å²) in [6.45, 7) is 6.34. The quantitative estimate of drug-likeness (QED) is 0.345. The highest BCUT2D eigenvalue weighted by molar-refractivity contribution is 9.10. The fourth-order valence-electron chi connectivity index (χ4n) is 2.78. The van der Waals surface area contributed by atoms with Crippen LogP contribution in [0.25, 0.3) is 6.08 Å².